The van der Waals surface area contributed by atoms with E-state index in [0.717, 1.165) is 29.3 Å². The zero-order valence-corrected chi connectivity index (χ0v) is 24.2. The number of anilines is 1. The molecule has 3 aromatic carbocycles. The maximum Gasteiger partial charge on any atom is 0.283 e. The third kappa shape index (κ3) is 7.13. The molecule has 5 rings (SSSR count). The Morgan fingerprint density at radius 1 is 1.21 bits per heavy atom. The third-order valence-corrected chi connectivity index (χ3v) is 8.70. The summed E-state index contributed by atoms with van der Waals surface area (Å²) in [7, 11) is 0. The molecule has 1 aromatic heterocycles. The van der Waals surface area contributed by atoms with Crippen LogP contribution in [0.3, 0.4) is 0 Å². The molecule has 0 aliphatic carbocycles. The van der Waals surface area contributed by atoms with Gasteiger partial charge in [0, 0.05) is 35.5 Å². The number of nitrogens with zero attached hydrogens (tertiary/aromatic N) is 3. The van der Waals surface area contributed by atoms with Gasteiger partial charge in [0.2, 0.25) is 0 Å². The van der Waals surface area contributed by atoms with Gasteiger partial charge in [-0.1, -0.05) is 29.4 Å². The predicted octanol–water partition coefficient (Wildman–Crippen LogP) is 6.46. The Morgan fingerprint density at radius 3 is 2.74 bits per heavy atom. The van der Waals surface area contributed by atoms with Crippen LogP contribution in [-0.2, 0) is 9.53 Å². The summed E-state index contributed by atoms with van der Waals surface area (Å²) in [6.45, 7) is 0.947. The summed E-state index contributed by atoms with van der Waals surface area (Å²) in [5.74, 6) is -0.845. The Morgan fingerprint density at radius 2 is 2.02 bits per heavy atom. The van der Waals surface area contributed by atoms with Gasteiger partial charge in [-0.25, -0.2) is 4.98 Å². The molecule has 0 unspecified atom stereocenters. The quantitative estimate of drug-likeness (QED) is 0.0938. The second kappa shape index (κ2) is 13.1. The summed E-state index contributed by atoms with van der Waals surface area (Å²) < 4.78 is 6.85. The molecule has 42 heavy (non-hydrogen) atoms. The number of ether oxygens (including phenoxy) is 1. The molecular formula is C29H22ClN5O5S2. The van der Waals surface area contributed by atoms with E-state index in [1.807, 2.05) is 6.07 Å². The molecule has 1 atom stereocenters. The maximum atomic E-state index is 12.6. The van der Waals surface area contributed by atoms with E-state index in [0.29, 0.717) is 49.7 Å². The summed E-state index contributed by atoms with van der Waals surface area (Å²) >= 11 is 8.36. The molecule has 0 radical (unpaired) electrons. The van der Waals surface area contributed by atoms with Crippen molar-refractivity contribution in [3.8, 4) is 6.07 Å². The van der Waals surface area contributed by atoms with Crippen molar-refractivity contribution in [3.05, 3.63) is 92.5 Å². The van der Waals surface area contributed by atoms with E-state index in [9.17, 15) is 25.0 Å². The van der Waals surface area contributed by atoms with Crippen molar-refractivity contribution in [2.45, 2.75) is 28.2 Å². The number of nitro groups is 1. The van der Waals surface area contributed by atoms with E-state index < -0.39 is 10.8 Å². The first-order chi connectivity index (χ1) is 20.3. The molecule has 2 N–H and O–H groups in total. The van der Waals surface area contributed by atoms with Gasteiger partial charge >= 0.3 is 0 Å². The second-order valence-electron chi connectivity index (χ2n) is 9.22. The van der Waals surface area contributed by atoms with Crippen molar-refractivity contribution < 1.29 is 19.2 Å². The van der Waals surface area contributed by atoms with Crippen molar-refractivity contribution in [2.75, 3.05) is 18.5 Å². The lowest BCUT2D eigenvalue weighted by molar-refractivity contribution is -0.387. The zero-order chi connectivity index (χ0) is 29.6. The van der Waals surface area contributed by atoms with E-state index >= 15 is 0 Å². The number of rotatable bonds is 9. The lowest BCUT2D eigenvalue weighted by Crippen LogP contribution is -2.32. The number of nitrogens with one attached hydrogen (secondary N) is 2. The highest BCUT2D eigenvalue weighted by atomic mass is 35.5. The fourth-order valence-electron chi connectivity index (χ4n) is 4.20. The average molecular weight is 620 g/mol. The number of hydrogen-bond acceptors (Lipinski definition) is 9. The molecule has 0 spiro atoms. The van der Waals surface area contributed by atoms with Gasteiger partial charge in [-0.2, -0.15) is 5.26 Å². The fourth-order valence-corrected chi connectivity index (χ4v) is 6.47. The molecule has 0 saturated carbocycles. The number of halogens is 1. The molecule has 2 heterocycles. The van der Waals surface area contributed by atoms with Crippen molar-refractivity contribution in [1.29, 1.82) is 5.26 Å². The number of aromatic nitrogens is 1. The maximum absolute atomic E-state index is 12.6. The average Bonchev–Trinajstić information content (AvgIpc) is 3.65. The highest BCUT2D eigenvalue weighted by molar-refractivity contribution is 8.01. The van der Waals surface area contributed by atoms with E-state index in [-0.39, 0.29) is 23.3 Å². The van der Waals surface area contributed by atoms with Gasteiger partial charge in [0.15, 0.2) is 4.34 Å². The number of amides is 2. The number of benzene rings is 3. The molecule has 0 bridgehead atoms. The molecule has 4 aromatic rings. The molecule has 10 nitrogen and oxygen atoms in total. The molecule has 1 aliphatic rings. The lowest BCUT2D eigenvalue weighted by atomic mass is 10.1. The minimum Gasteiger partial charge on any atom is -0.376 e. The van der Waals surface area contributed by atoms with E-state index in [1.165, 1.54) is 23.5 Å². The molecule has 1 saturated heterocycles. The summed E-state index contributed by atoms with van der Waals surface area (Å²) in [5, 5.41) is 27.5. The van der Waals surface area contributed by atoms with Crippen molar-refractivity contribution in [3.63, 3.8) is 0 Å². The third-order valence-electron chi connectivity index (χ3n) is 6.30. The first-order valence-electron chi connectivity index (χ1n) is 12.7. The van der Waals surface area contributed by atoms with Gasteiger partial charge in [-0.3, -0.25) is 19.7 Å². The standard InChI is InChI=1S/C29H22ClN5O5S2/c30-20-6-4-18(5-7-20)28(37)33-21-8-9-23-26(14-21)42-29(34-23)41-25-10-3-17(13-24(25)35(38)39)12-19(15-31)27(36)32-16-22-2-1-11-40-22/h3-10,12-14,22H,1-2,11,16H2,(H,32,36)(H,33,37)/b19-12+/t22-/m1/s1. The van der Waals surface area contributed by atoms with E-state index in [2.05, 4.69) is 15.6 Å². The summed E-state index contributed by atoms with van der Waals surface area (Å²) in [4.78, 5) is 41.4. The summed E-state index contributed by atoms with van der Waals surface area (Å²) in [6.07, 6.45) is 3.02. The Bertz CT molecular complexity index is 1740. The molecule has 212 valence electrons. The van der Waals surface area contributed by atoms with Crippen LogP contribution in [0, 0.1) is 21.4 Å². The van der Waals surface area contributed by atoms with Crippen LogP contribution in [0.4, 0.5) is 11.4 Å². The Balaban J connectivity index is 1.31. The lowest BCUT2D eigenvalue weighted by Gasteiger charge is -2.10. The van der Waals surface area contributed by atoms with Gasteiger partial charge in [-0.15, -0.1) is 11.3 Å². The van der Waals surface area contributed by atoms with Gasteiger partial charge < -0.3 is 15.4 Å². The van der Waals surface area contributed by atoms with Crippen LogP contribution < -0.4 is 10.6 Å². The monoisotopic (exact) mass is 619 g/mol. The van der Waals surface area contributed by atoms with Gasteiger partial charge in [0.25, 0.3) is 17.5 Å². The largest absolute Gasteiger partial charge is 0.376 e. The predicted molar refractivity (Wildman–Crippen MR) is 162 cm³/mol. The number of carbonyl (C=O) groups is 2. The highest BCUT2D eigenvalue weighted by Gasteiger charge is 2.20. The van der Waals surface area contributed by atoms with Crippen molar-refractivity contribution in [2.24, 2.45) is 0 Å². The van der Waals surface area contributed by atoms with E-state index in [4.69, 9.17) is 16.3 Å². The molecule has 1 aliphatic heterocycles. The molecular weight excluding hydrogens is 598 g/mol. The van der Waals surface area contributed by atoms with Crippen LogP contribution in [0.15, 0.2) is 75.5 Å². The molecule has 2 amide bonds. The van der Waals surface area contributed by atoms with Gasteiger partial charge in [-0.05, 0) is 73.0 Å². The van der Waals surface area contributed by atoms with Gasteiger partial charge in [0.05, 0.1) is 26.1 Å². The van der Waals surface area contributed by atoms with Crippen LogP contribution in [0.5, 0.6) is 0 Å². The van der Waals surface area contributed by atoms with Crippen LogP contribution in [0.2, 0.25) is 5.02 Å². The number of hydrogen-bond donors (Lipinski definition) is 2. The Hall–Kier alpha value is -4.28. The van der Waals surface area contributed by atoms with Crippen LogP contribution >= 0.6 is 34.7 Å². The number of thiazole rings is 1. The summed E-state index contributed by atoms with van der Waals surface area (Å²) in [6, 6.07) is 18.2. The smallest absolute Gasteiger partial charge is 0.283 e. The van der Waals surface area contributed by atoms with E-state index in [1.54, 1.807) is 54.6 Å². The topological polar surface area (TPSA) is 147 Å². The van der Waals surface area contributed by atoms with Crippen LogP contribution in [0.1, 0.15) is 28.8 Å². The number of nitro benzene ring substituents is 1. The van der Waals surface area contributed by atoms with Crippen LogP contribution in [-0.4, -0.2) is 41.0 Å². The first-order valence-corrected chi connectivity index (χ1v) is 14.8. The SMILES string of the molecule is N#C/C(=C\c1ccc(Sc2nc3ccc(NC(=O)c4ccc(Cl)cc4)cc3s2)c([N+](=O)[O-])c1)C(=O)NC[C@H]1CCCO1. The second-order valence-corrected chi connectivity index (χ2v) is 12.0. The van der Waals surface area contributed by atoms with Crippen LogP contribution in [0.25, 0.3) is 16.3 Å². The fraction of sp³-hybridized carbons (Fsp3) is 0.172. The van der Waals surface area contributed by atoms with Crippen molar-refractivity contribution in [1.82, 2.24) is 10.3 Å². The minimum absolute atomic E-state index is 0.0755. The summed E-state index contributed by atoms with van der Waals surface area (Å²) in [5.41, 5.74) is 1.74. The Kier molecular flexibility index (Phi) is 9.14. The zero-order valence-electron chi connectivity index (χ0n) is 21.8. The molecule has 1 fully saturated rings. The minimum atomic E-state index is -0.563. The van der Waals surface area contributed by atoms with Crippen molar-refractivity contribution >= 4 is 74.2 Å². The Labute approximate surface area is 253 Å². The number of nitriles is 1. The first kappa shape index (κ1) is 29.2. The van der Waals surface area contributed by atoms with Gasteiger partial charge in [0.1, 0.15) is 11.6 Å². The molecule has 13 heteroatoms. The number of fused-ring (bicyclic) bond motifs is 1. The number of carbonyl (C=O) groups excluding carboxylic acids is 2. The highest BCUT2D eigenvalue weighted by Crippen LogP contribution is 2.40. The normalized spacial score (nSPS) is 14.9.